The molecule has 3 N–H and O–H groups in total. The molecule has 0 heterocycles. The number of carboxylic acids is 1. The molecule has 0 saturated heterocycles. The maximum absolute atomic E-state index is 12.8. The van der Waals surface area contributed by atoms with Gasteiger partial charge in [-0.2, -0.15) is 12.6 Å². The van der Waals surface area contributed by atoms with Gasteiger partial charge in [-0.05, 0) is 30.7 Å². The molecule has 0 bridgehead atoms. The highest BCUT2D eigenvalue weighted by molar-refractivity contribution is 7.81. The minimum absolute atomic E-state index is 0.0890. The molecule has 31 heavy (non-hydrogen) atoms. The van der Waals surface area contributed by atoms with Crippen LogP contribution >= 0.6 is 12.6 Å². The molecule has 0 fully saturated rings. The summed E-state index contributed by atoms with van der Waals surface area (Å²) >= 11 is 4.27. The van der Waals surface area contributed by atoms with Gasteiger partial charge in [-0.1, -0.05) is 44.2 Å². The lowest BCUT2D eigenvalue weighted by atomic mass is 10.0. The van der Waals surface area contributed by atoms with Crippen molar-refractivity contribution in [3.63, 3.8) is 0 Å². The fourth-order valence-corrected chi connectivity index (χ4v) is 3.22. The predicted octanol–water partition coefficient (Wildman–Crippen LogP) is 1.97. The second-order valence-corrected chi connectivity index (χ2v) is 8.39. The highest BCUT2D eigenvalue weighted by atomic mass is 32.1. The first-order valence-electron chi connectivity index (χ1n) is 10.3. The Labute approximate surface area is 188 Å². The van der Waals surface area contributed by atoms with Crippen LogP contribution < -0.4 is 10.6 Å². The van der Waals surface area contributed by atoms with E-state index in [0.29, 0.717) is 19.3 Å². The maximum Gasteiger partial charge on any atom is 0.326 e. The van der Waals surface area contributed by atoms with E-state index in [4.69, 9.17) is 0 Å². The van der Waals surface area contributed by atoms with Crippen molar-refractivity contribution < 1.29 is 29.0 Å². The average Bonchev–Trinajstić information content (AvgIpc) is 2.72. The molecule has 0 spiro atoms. The van der Waals surface area contributed by atoms with Crippen LogP contribution in [0.15, 0.2) is 30.3 Å². The third-order valence-electron chi connectivity index (χ3n) is 4.63. The lowest BCUT2D eigenvalue weighted by Crippen LogP contribution is -2.53. The van der Waals surface area contributed by atoms with Crippen molar-refractivity contribution in [2.24, 2.45) is 5.92 Å². The molecule has 0 aliphatic rings. The molecular weight excluding hydrogens is 420 g/mol. The Balaban J connectivity index is 2.75. The van der Waals surface area contributed by atoms with E-state index >= 15 is 0 Å². The van der Waals surface area contributed by atoms with Gasteiger partial charge in [0.05, 0.1) is 12.4 Å². The number of thiol groups is 1. The van der Waals surface area contributed by atoms with Gasteiger partial charge >= 0.3 is 11.9 Å². The SMILES string of the molecule is COC(=O)CCCC(S)C(=O)N[C@@H](CC(C)C)C(=O)NC(Cc1ccccc1)C(=O)O. The van der Waals surface area contributed by atoms with Gasteiger partial charge in [0.1, 0.15) is 12.1 Å². The molecule has 0 aromatic heterocycles. The molecule has 1 aromatic carbocycles. The van der Waals surface area contributed by atoms with Crippen molar-refractivity contribution in [1.29, 1.82) is 0 Å². The number of benzene rings is 1. The number of carboxylic acid groups (broad SMARTS) is 1. The summed E-state index contributed by atoms with van der Waals surface area (Å²) in [6.07, 6.45) is 1.42. The number of methoxy groups -OCH3 is 1. The monoisotopic (exact) mass is 452 g/mol. The van der Waals surface area contributed by atoms with E-state index in [0.717, 1.165) is 5.56 Å². The number of rotatable bonds is 13. The molecule has 0 aliphatic heterocycles. The van der Waals surface area contributed by atoms with Crippen molar-refractivity contribution >= 4 is 36.4 Å². The first-order chi connectivity index (χ1) is 14.6. The second kappa shape index (κ2) is 13.7. The first-order valence-corrected chi connectivity index (χ1v) is 10.8. The Morgan fingerprint density at radius 1 is 1.03 bits per heavy atom. The topological polar surface area (TPSA) is 122 Å². The molecule has 0 aliphatic carbocycles. The first kappa shape index (κ1) is 26.5. The third kappa shape index (κ3) is 10.3. The summed E-state index contributed by atoms with van der Waals surface area (Å²) in [5.41, 5.74) is 0.778. The average molecular weight is 453 g/mol. The molecule has 1 aromatic rings. The van der Waals surface area contributed by atoms with Crippen molar-refractivity contribution in [2.45, 2.75) is 63.3 Å². The minimum atomic E-state index is -1.15. The van der Waals surface area contributed by atoms with Gasteiger partial charge in [-0.25, -0.2) is 4.79 Å². The van der Waals surface area contributed by atoms with Gasteiger partial charge in [0.25, 0.3) is 0 Å². The number of aliphatic carboxylic acids is 1. The van der Waals surface area contributed by atoms with E-state index in [1.54, 1.807) is 24.3 Å². The minimum Gasteiger partial charge on any atom is -0.480 e. The zero-order chi connectivity index (χ0) is 23.4. The Hall–Kier alpha value is -2.55. The van der Waals surface area contributed by atoms with Crippen LogP contribution in [0.25, 0.3) is 0 Å². The Morgan fingerprint density at radius 2 is 1.65 bits per heavy atom. The number of carbonyl (C=O) groups excluding carboxylic acids is 3. The smallest absolute Gasteiger partial charge is 0.326 e. The molecule has 1 rings (SSSR count). The molecule has 2 unspecified atom stereocenters. The standard InChI is InChI=1S/C22H32N2O6S/c1-14(2)12-16(23-21(27)18(31)10-7-11-19(25)30-3)20(26)24-17(22(28)29)13-15-8-5-4-6-9-15/h4-6,8-9,14,16-18,31H,7,10-13H2,1-3H3,(H,23,27)(H,24,26)(H,28,29)/t16-,17?,18?/m0/s1. The summed E-state index contributed by atoms with van der Waals surface area (Å²) in [5.74, 6) is -2.42. The fraction of sp³-hybridized carbons (Fsp3) is 0.545. The van der Waals surface area contributed by atoms with Gasteiger partial charge in [0, 0.05) is 12.8 Å². The van der Waals surface area contributed by atoms with Gasteiger partial charge in [-0.15, -0.1) is 0 Å². The van der Waals surface area contributed by atoms with E-state index in [9.17, 15) is 24.3 Å². The van der Waals surface area contributed by atoms with Crippen LogP contribution in [0.3, 0.4) is 0 Å². The van der Waals surface area contributed by atoms with Crippen molar-refractivity contribution in [1.82, 2.24) is 10.6 Å². The van der Waals surface area contributed by atoms with Gasteiger partial charge in [0.2, 0.25) is 11.8 Å². The highest BCUT2D eigenvalue weighted by Gasteiger charge is 2.28. The van der Waals surface area contributed by atoms with E-state index in [2.05, 4.69) is 28.0 Å². The number of carbonyl (C=O) groups is 4. The van der Waals surface area contributed by atoms with Gasteiger partial charge in [-0.3, -0.25) is 14.4 Å². The summed E-state index contributed by atoms with van der Waals surface area (Å²) in [7, 11) is 1.30. The predicted molar refractivity (Wildman–Crippen MR) is 120 cm³/mol. The number of hydrogen-bond donors (Lipinski definition) is 4. The number of amides is 2. The maximum atomic E-state index is 12.8. The molecule has 0 saturated carbocycles. The van der Waals surface area contributed by atoms with Crippen LogP contribution in [0.2, 0.25) is 0 Å². The van der Waals surface area contributed by atoms with Crippen LogP contribution in [0, 0.1) is 5.92 Å². The molecule has 9 heteroatoms. The number of hydrogen-bond acceptors (Lipinski definition) is 6. The van der Waals surface area contributed by atoms with Crippen molar-refractivity contribution in [3.05, 3.63) is 35.9 Å². The van der Waals surface area contributed by atoms with Crippen LogP contribution in [0.1, 0.15) is 45.1 Å². The van der Waals surface area contributed by atoms with Crippen LogP contribution in [0.4, 0.5) is 0 Å². The number of nitrogens with one attached hydrogen (secondary N) is 2. The Bertz CT molecular complexity index is 741. The van der Waals surface area contributed by atoms with E-state index < -0.39 is 35.1 Å². The molecule has 2 amide bonds. The summed E-state index contributed by atoms with van der Waals surface area (Å²) in [4.78, 5) is 48.2. The Morgan fingerprint density at radius 3 is 2.19 bits per heavy atom. The van der Waals surface area contributed by atoms with Gasteiger partial charge < -0.3 is 20.5 Å². The van der Waals surface area contributed by atoms with Crippen LogP contribution in [-0.4, -0.2) is 53.3 Å². The summed E-state index contributed by atoms with van der Waals surface area (Å²) in [6, 6.07) is 6.99. The lowest BCUT2D eigenvalue weighted by Gasteiger charge is -2.24. The van der Waals surface area contributed by atoms with Gasteiger partial charge in [0.15, 0.2) is 0 Å². The largest absolute Gasteiger partial charge is 0.480 e. The Kier molecular flexibility index (Phi) is 11.7. The molecule has 8 nitrogen and oxygen atoms in total. The number of esters is 1. The third-order valence-corrected chi connectivity index (χ3v) is 5.12. The summed E-state index contributed by atoms with van der Waals surface area (Å²) in [5, 5.41) is 14.0. The zero-order valence-electron chi connectivity index (χ0n) is 18.2. The van der Waals surface area contributed by atoms with Crippen molar-refractivity contribution in [2.75, 3.05) is 7.11 Å². The quantitative estimate of drug-likeness (QED) is 0.268. The fourth-order valence-electron chi connectivity index (χ4n) is 2.97. The second-order valence-electron chi connectivity index (χ2n) is 7.76. The van der Waals surface area contributed by atoms with Crippen molar-refractivity contribution in [3.8, 4) is 0 Å². The van der Waals surface area contributed by atoms with E-state index in [1.165, 1.54) is 7.11 Å². The van der Waals surface area contributed by atoms with E-state index in [1.807, 2.05) is 19.9 Å². The zero-order valence-corrected chi connectivity index (χ0v) is 19.1. The number of ether oxygens (including phenoxy) is 1. The normalized spacial score (nSPS) is 13.7. The molecule has 0 radical (unpaired) electrons. The summed E-state index contributed by atoms with van der Waals surface area (Å²) < 4.78 is 4.57. The molecule has 172 valence electrons. The highest BCUT2D eigenvalue weighted by Crippen LogP contribution is 2.12. The molecular formula is C22H32N2O6S. The lowest BCUT2D eigenvalue weighted by molar-refractivity contribution is -0.142. The van der Waals surface area contributed by atoms with E-state index in [-0.39, 0.29) is 24.7 Å². The summed E-state index contributed by atoms with van der Waals surface area (Å²) in [6.45, 7) is 3.80. The van der Waals surface area contributed by atoms with Crippen LogP contribution in [-0.2, 0) is 30.3 Å². The molecule has 3 atom stereocenters. The van der Waals surface area contributed by atoms with Crippen LogP contribution in [0.5, 0.6) is 0 Å².